The molecule has 0 spiro atoms. The van der Waals surface area contributed by atoms with Crippen molar-refractivity contribution in [3.05, 3.63) is 95.6 Å². The Kier molecular flexibility index (Phi) is 5.06. The molecular weight excluding hydrogens is 338 g/mol. The molecule has 0 bridgehead atoms. The monoisotopic (exact) mass is 359 g/mol. The van der Waals surface area contributed by atoms with Gasteiger partial charge in [-0.25, -0.2) is 0 Å². The fourth-order valence-electron chi connectivity index (χ4n) is 3.18. The van der Waals surface area contributed by atoms with E-state index in [1.165, 1.54) is 5.56 Å². The number of carbonyl (C=O) groups is 1. The molecule has 136 valence electrons. The van der Waals surface area contributed by atoms with E-state index in [0.717, 1.165) is 12.0 Å². The Labute approximate surface area is 159 Å². The summed E-state index contributed by atoms with van der Waals surface area (Å²) in [4.78, 5) is 15.1. The number of hydrogen-bond acceptors (Lipinski definition) is 3. The maximum Gasteiger partial charge on any atom is 0.254 e. The largest absolute Gasteiger partial charge is 0.454 e. The highest BCUT2D eigenvalue weighted by Gasteiger charge is 2.20. The Morgan fingerprint density at radius 2 is 1.48 bits per heavy atom. The van der Waals surface area contributed by atoms with E-state index in [0.29, 0.717) is 30.2 Å². The first kappa shape index (κ1) is 17.2. The Bertz CT molecular complexity index is 909. The van der Waals surface area contributed by atoms with E-state index in [4.69, 9.17) is 9.47 Å². The summed E-state index contributed by atoms with van der Waals surface area (Å²) < 4.78 is 10.8. The van der Waals surface area contributed by atoms with E-state index in [1.807, 2.05) is 53.4 Å². The van der Waals surface area contributed by atoms with Crippen molar-refractivity contribution < 1.29 is 14.3 Å². The Hall–Kier alpha value is -3.27. The van der Waals surface area contributed by atoms with Crippen LogP contribution in [0.1, 0.15) is 21.5 Å². The first-order valence-electron chi connectivity index (χ1n) is 9.06. The van der Waals surface area contributed by atoms with Crippen LogP contribution < -0.4 is 9.47 Å². The highest BCUT2D eigenvalue weighted by atomic mass is 16.7. The van der Waals surface area contributed by atoms with Crippen LogP contribution in [0.2, 0.25) is 0 Å². The molecule has 0 saturated heterocycles. The molecule has 27 heavy (non-hydrogen) atoms. The Balaban J connectivity index is 1.55. The molecular formula is C23H21NO3. The van der Waals surface area contributed by atoms with Crippen molar-refractivity contribution in [2.24, 2.45) is 0 Å². The van der Waals surface area contributed by atoms with Gasteiger partial charge in [0.05, 0.1) is 0 Å². The zero-order valence-corrected chi connectivity index (χ0v) is 15.0. The normalized spacial score (nSPS) is 12.0. The third kappa shape index (κ3) is 4.11. The van der Waals surface area contributed by atoms with E-state index in [1.54, 1.807) is 18.2 Å². The van der Waals surface area contributed by atoms with Crippen LogP contribution in [0, 0.1) is 0 Å². The third-order valence-electron chi connectivity index (χ3n) is 4.64. The zero-order chi connectivity index (χ0) is 18.5. The van der Waals surface area contributed by atoms with Crippen LogP contribution in [0.5, 0.6) is 11.5 Å². The topological polar surface area (TPSA) is 38.8 Å². The molecule has 0 unspecified atom stereocenters. The van der Waals surface area contributed by atoms with Crippen LogP contribution in [-0.4, -0.2) is 24.1 Å². The van der Waals surface area contributed by atoms with Gasteiger partial charge >= 0.3 is 0 Å². The highest BCUT2D eigenvalue weighted by Crippen LogP contribution is 2.33. The van der Waals surface area contributed by atoms with Gasteiger partial charge in [0.15, 0.2) is 11.5 Å². The standard InChI is InChI=1S/C23H21NO3/c25-23(20-11-12-21-22(15-20)27-17-26-21)24(16-19-9-5-2-6-10-19)14-13-18-7-3-1-4-8-18/h1-12,15H,13-14,16-17H2. The third-order valence-corrected chi connectivity index (χ3v) is 4.64. The van der Waals surface area contributed by atoms with E-state index in [-0.39, 0.29) is 12.7 Å². The molecule has 0 atom stereocenters. The second-order valence-electron chi connectivity index (χ2n) is 6.52. The maximum absolute atomic E-state index is 13.2. The average molecular weight is 359 g/mol. The lowest BCUT2D eigenvalue weighted by molar-refractivity contribution is 0.0744. The summed E-state index contributed by atoms with van der Waals surface area (Å²) in [5, 5.41) is 0. The van der Waals surface area contributed by atoms with Crippen LogP contribution >= 0.6 is 0 Å². The second kappa shape index (κ2) is 7.96. The average Bonchev–Trinajstić information content (AvgIpc) is 3.20. The van der Waals surface area contributed by atoms with Crippen molar-refractivity contribution in [1.82, 2.24) is 4.90 Å². The Morgan fingerprint density at radius 3 is 2.22 bits per heavy atom. The van der Waals surface area contributed by atoms with E-state index in [2.05, 4.69) is 12.1 Å². The molecule has 0 saturated carbocycles. The van der Waals surface area contributed by atoms with Crippen LogP contribution in [0.15, 0.2) is 78.9 Å². The quantitative estimate of drug-likeness (QED) is 0.659. The first-order chi connectivity index (χ1) is 13.3. The van der Waals surface area contributed by atoms with Crippen molar-refractivity contribution >= 4 is 5.91 Å². The number of benzene rings is 3. The number of nitrogens with zero attached hydrogens (tertiary/aromatic N) is 1. The fraction of sp³-hybridized carbons (Fsp3) is 0.174. The van der Waals surface area contributed by atoms with Gasteiger partial charge in [0, 0.05) is 18.7 Å². The molecule has 4 nitrogen and oxygen atoms in total. The second-order valence-corrected chi connectivity index (χ2v) is 6.52. The zero-order valence-electron chi connectivity index (χ0n) is 15.0. The molecule has 0 N–H and O–H groups in total. The van der Waals surface area contributed by atoms with Gasteiger partial charge in [-0.15, -0.1) is 0 Å². The van der Waals surface area contributed by atoms with Crippen LogP contribution in [0.4, 0.5) is 0 Å². The van der Waals surface area contributed by atoms with Crippen LogP contribution in [0.3, 0.4) is 0 Å². The number of ether oxygens (including phenoxy) is 2. The van der Waals surface area contributed by atoms with Gasteiger partial charge in [-0.05, 0) is 35.7 Å². The van der Waals surface area contributed by atoms with Gasteiger partial charge in [-0.1, -0.05) is 60.7 Å². The molecule has 4 rings (SSSR count). The molecule has 0 fully saturated rings. The van der Waals surface area contributed by atoms with E-state index in [9.17, 15) is 4.79 Å². The predicted molar refractivity (Wildman–Crippen MR) is 104 cm³/mol. The first-order valence-corrected chi connectivity index (χ1v) is 9.06. The van der Waals surface area contributed by atoms with Gasteiger partial charge in [-0.2, -0.15) is 0 Å². The molecule has 1 amide bonds. The summed E-state index contributed by atoms with van der Waals surface area (Å²) in [6.07, 6.45) is 0.809. The number of fused-ring (bicyclic) bond motifs is 1. The molecule has 0 radical (unpaired) electrons. The summed E-state index contributed by atoms with van der Waals surface area (Å²) in [5.41, 5.74) is 2.94. The molecule has 3 aromatic rings. The van der Waals surface area contributed by atoms with Gasteiger partial charge in [-0.3, -0.25) is 4.79 Å². The summed E-state index contributed by atoms with van der Waals surface area (Å²) >= 11 is 0. The van der Waals surface area contributed by atoms with Crippen LogP contribution in [-0.2, 0) is 13.0 Å². The van der Waals surface area contributed by atoms with Gasteiger partial charge < -0.3 is 14.4 Å². The minimum absolute atomic E-state index is 0.00640. The molecule has 0 aromatic heterocycles. The van der Waals surface area contributed by atoms with Crippen molar-refractivity contribution in [1.29, 1.82) is 0 Å². The van der Waals surface area contributed by atoms with Gasteiger partial charge in [0.2, 0.25) is 6.79 Å². The minimum Gasteiger partial charge on any atom is -0.454 e. The number of carbonyl (C=O) groups excluding carboxylic acids is 1. The molecule has 1 aliphatic rings. The lowest BCUT2D eigenvalue weighted by atomic mass is 10.1. The molecule has 3 aromatic carbocycles. The molecule has 4 heteroatoms. The van der Waals surface area contributed by atoms with Gasteiger partial charge in [0.25, 0.3) is 5.91 Å². The lowest BCUT2D eigenvalue weighted by Gasteiger charge is -2.23. The SMILES string of the molecule is O=C(c1ccc2c(c1)OCO2)N(CCc1ccccc1)Cc1ccccc1. The van der Waals surface area contributed by atoms with Crippen molar-refractivity contribution in [3.63, 3.8) is 0 Å². The van der Waals surface area contributed by atoms with E-state index < -0.39 is 0 Å². The Morgan fingerprint density at radius 1 is 0.815 bits per heavy atom. The van der Waals surface area contributed by atoms with Crippen molar-refractivity contribution in [3.8, 4) is 11.5 Å². The fourth-order valence-corrected chi connectivity index (χ4v) is 3.18. The lowest BCUT2D eigenvalue weighted by Crippen LogP contribution is -2.32. The summed E-state index contributed by atoms with van der Waals surface area (Å²) in [5.74, 6) is 1.31. The summed E-state index contributed by atoms with van der Waals surface area (Å²) in [6, 6.07) is 25.7. The summed E-state index contributed by atoms with van der Waals surface area (Å²) in [7, 11) is 0. The number of amides is 1. The smallest absolute Gasteiger partial charge is 0.254 e. The molecule has 0 aliphatic carbocycles. The summed E-state index contributed by atoms with van der Waals surface area (Å²) in [6.45, 7) is 1.42. The van der Waals surface area contributed by atoms with Crippen molar-refractivity contribution in [2.45, 2.75) is 13.0 Å². The predicted octanol–water partition coefficient (Wildman–Crippen LogP) is 4.30. The molecule has 1 aliphatic heterocycles. The number of rotatable bonds is 6. The maximum atomic E-state index is 13.2. The van der Waals surface area contributed by atoms with Gasteiger partial charge in [0.1, 0.15) is 0 Å². The highest BCUT2D eigenvalue weighted by molar-refractivity contribution is 5.95. The van der Waals surface area contributed by atoms with Crippen molar-refractivity contribution in [2.75, 3.05) is 13.3 Å². The number of hydrogen-bond donors (Lipinski definition) is 0. The van der Waals surface area contributed by atoms with E-state index >= 15 is 0 Å². The van der Waals surface area contributed by atoms with Crippen LogP contribution in [0.25, 0.3) is 0 Å². The molecule has 1 heterocycles. The minimum atomic E-state index is -0.00640.